The topological polar surface area (TPSA) is 81.2 Å². The van der Waals surface area contributed by atoms with Crippen molar-refractivity contribution < 1.29 is 9.34 Å². The first-order chi connectivity index (χ1) is 10.2. The van der Waals surface area contributed by atoms with Crippen LogP contribution in [0.1, 0.15) is 5.56 Å². The molecule has 6 heteroatoms. The molecule has 1 heterocycles. The molecule has 0 saturated carbocycles. The Hall–Kier alpha value is -2.89. The van der Waals surface area contributed by atoms with Gasteiger partial charge in [-0.2, -0.15) is 4.98 Å². The van der Waals surface area contributed by atoms with Crippen LogP contribution in [0.25, 0.3) is 11.1 Å². The van der Waals surface area contributed by atoms with Crippen LogP contribution >= 0.6 is 0 Å². The molecule has 3 aromatic rings. The molecule has 2 aromatic carbocycles. The molecule has 0 aliphatic rings. The smallest absolute Gasteiger partial charge is 0.300 e. The lowest BCUT2D eigenvalue weighted by Crippen LogP contribution is -2.03. The van der Waals surface area contributed by atoms with Crippen molar-refractivity contribution in [3.8, 4) is 0 Å². The van der Waals surface area contributed by atoms with Crippen LogP contribution in [-0.2, 0) is 6.42 Å². The molecule has 0 bridgehead atoms. The van der Waals surface area contributed by atoms with E-state index < -0.39 is 0 Å². The van der Waals surface area contributed by atoms with Crippen molar-refractivity contribution >= 4 is 22.8 Å². The van der Waals surface area contributed by atoms with Gasteiger partial charge in [-0.15, -0.1) is 0 Å². The molecule has 0 amide bonds. The number of hydrogen-bond donors (Lipinski definition) is 1. The zero-order chi connectivity index (χ0) is 14.7. The van der Waals surface area contributed by atoms with Crippen LogP contribution < -0.4 is 5.32 Å². The molecule has 0 unspecified atom stereocenters. The van der Waals surface area contributed by atoms with Crippen molar-refractivity contribution in [3.63, 3.8) is 0 Å². The lowest BCUT2D eigenvalue weighted by Gasteiger charge is -2.02. The highest BCUT2D eigenvalue weighted by atomic mass is 16.6. The largest absolute Gasteiger partial charge is 0.423 e. The number of oxazole rings is 1. The van der Waals surface area contributed by atoms with Crippen molar-refractivity contribution in [1.29, 1.82) is 0 Å². The second kappa shape index (κ2) is 5.62. The minimum Gasteiger partial charge on any atom is -0.423 e. The van der Waals surface area contributed by atoms with E-state index in [4.69, 9.17) is 4.42 Å². The summed E-state index contributed by atoms with van der Waals surface area (Å²) in [5.41, 5.74) is 3.27. The van der Waals surface area contributed by atoms with Gasteiger partial charge in [-0.25, -0.2) is 0 Å². The van der Waals surface area contributed by atoms with E-state index in [-0.39, 0.29) is 11.5 Å². The Morgan fingerprint density at radius 2 is 1.90 bits per heavy atom. The standard InChI is InChI=1S/C15H13N3O3/c19-18(20)10-9-11-5-7-12(8-6-11)16-15-17-13-3-1-2-4-14(13)21-15/h1-8H,9-10H2,(H,16,17). The highest BCUT2D eigenvalue weighted by Crippen LogP contribution is 2.22. The molecule has 106 valence electrons. The molecule has 0 atom stereocenters. The number of hydrogen-bond acceptors (Lipinski definition) is 5. The van der Waals surface area contributed by atoms with Crippen LogP contribution in [0.15, 0.2) is 52.9 Å². The van der Waals surface area contributed by atoms with Crippen molar-refractivity contribution in [2.45, 2.75) is 6.42 Å². The van der Waals surface area contributed by atoms with Gasteiger partial charge in [0.05, 0.1) is 0 Å². The quantitative estimate of drug-likeness (QED) is 0.573. The van der Waals surface area contributed by atoms with Gasteiger partial charge in [0.25, 0.3) is 6.01 Å². The average molecular weight is 283 g/mol. The normalized spacial score (nSPS) is 10.7. The van der Waals surface area contributed by atoms with E-state index in [0.29, 0.717) is 12.4 Å². The van der Waals surface area contributed by atoms with Gasteiger partial charge in [-0.05, 0) is 29.8 Å². The Kier molecular flexibility index (Phi) is 3.51. The van der Waals surface area contributed by atoms with Gasteiger partial charge in [-0.3, -0.25) is 10.1 Å². The van der Waals surface area contributed by atoms with E-state index in [1.807, 2.05) is 48.5 Å². The van der Waals surface area contributed by atoms with Gasteiger partial charge in [0.2, 0.25) is 6.54 Å². The first-order valence-corrected chi connectivity index (χ1v) is 6.54. The van der Waals surface area contributed by atoms with Crippen LogP contribution in [0.3, 0.4) is 0 Å². The summed E-state index contributed by atoms with van der Waals surface area (Å²) in [5, 5.41) is 13.4. The van der Waals surface area contributed by atoms with Gasteiger partial charge in [0.1, 0.15) is 5.52 Å². The van der Waals surface area contributed by atoms with E-state index in [0.717, 1.165) is 22.4 Å². The summed E-state index contributed by atoms with van der Waals surface area (Å²) in [6.45, 7) is -0.0576. The number of nitro groups is 1. The molecule has 0 spiro atoms. The van der Waals surface area contributed by atoms with Crippen LogP contribution in [0, 0.1) is 10.1 Å². The van der Waals surface area contributed by atoms with E-state index in [1.165, 1.54) is 0 Å². The first kappa shape index (κ1) is 13.1. The molecule has 0 aliphatic heterocycles. The number of nitrogens with zero attached hydrogens (tertiary/aromatic N) is 2. The molecule has 0 radical (unpaired) electrons. The van der Waals surface area contributed by atoms with Crippen molar-refractivity contribution in [1.82, 2.24) is 4.98 Å². The van der Waals surface area contributed by atoms with Crippen LogP contribution in [0.4, 0.5) is 11.7 Å². The van der Waals surface area contributed by atoms with Gasteiger partial charge >= 0.3 is 0 Å². The summed E-state index contributed by atoms with van der Waals surface area (Å²) < 4.78 is 5.57. The Bertz CT molecular complexity index is 732. The van der Waals surface area contributed by atoms with Crippen molar-refractivity contribution in [3.05, 3.63) is 64.2 Å². The molecule has 1 N–H and O–H groups in total. The molecule has 21 heavy (non-hydrogen) atoms. The van der Waals surface area contributed by atoms with Crippen LogP contribution in [0.5, 0.6) is 0 Å². The molecular formula is C15H13N3O3. The summed E-state index contributed by atoms with van der Waals surface area (Å²) in [4.78, 5) is 14.3. The Morgan fingerprint density at radius 3 is 2.62 bits per heavy atom. The van der Waals surface area contributed by atoms with Gasteiger partial charge in [0.15, 0.2) is 5.58 Å². The summed E-state index contributed by atoms with van der Waals surface area (Å²) in [6, 6.07) is 15.4. The maximum absolute atomic E-state index is 10.3. The number of para-hydroxylation sites is 2. The van der Waals surface area contributed by atoms with E-state index in [9.17, 15) is 10.1 Å². The lowest BCUT2D eigenvalue weighted by molar-refractivity contribution is -0.479. The monoisotopic (exact) mass is 283 g/mol. The summed E-state index contributed by atoms with van der Waals surface area (Å²) in [6.07, 6.45) is 0.427. The fourth-order valence-electron chi connectivity index (χ4n) is 2.02. The highest BCUT2D eigenvalue weighted by Gasteiger charge is 2.05. The fourth-order valence-corrected chi connectivity index (χ4v) is 2.02. The van der Waals surface area contributed by atoms with E-state index >= 15 is 0 Å². The van der Waals surface area contributed by atoms with Crippen LogP contribution in [-0.4, -0.2) is 16.5 Å². The average Bonchev–Trinajstić information content (AvgIpc) is 2.88. The lowest BCUT2D eigenvalue weighted by atomic mass is 10.1. The highest BCUT2D eigenvalue weighted by molar-refractivity contribution is 5.75. The van der Waals surface area contributed by atoms with E-state index in [2.05, 4.69) is 10.3 Å². The Labute approximate surface area is 120 Å². The van der Waals surface area contributed by atoms with Crippen molar-refractivity contribution in [2.75, 3.05) is 11.9 Å². The third-order valence-electron chi connectivity index (χ3n) is 3.08. The molecular weight excluding hydrogens is 270 g/mol. The molecule has 3 rings (SSSR count). The number of fused-ring (bicyclic) bond motifs is 1. The fraction of sp³-hybridized carbons (Fsp3) is 0.133. The molecule has 0 aliphatic carbocycles. The molecule has 6 nitrogen and oxygen atoms in total. The number of nitrogens with one attached hydrogen (secondary N) is 1. The number of benzene rings is 2. The Balaban J connectivity index is 1.71. The first-order valence-electron chi connectivity index (χ1n) is 6.54. The summed E-state index contributed by atoms with van der Waals surface area (Å²) in [7, 11) is 0. The SMILES string of the molecule is O=[N+]([O-])CCc1ccc(Nc2nc3ccccc3o2)cc1. The van der Waals surface area contributed by atoms with Crippen molar-refractivity contribution in [2.24, 2.45) is 0 Å². The molecule has 0 saturated heterocycles. The predicted octanol–water partition coefficient (Wildman–Crippen LogP) is 3.39. The number of rotatable bonds is 5. The third kappa shape index (κ3) is 3.17. The minimum absolute atomic E-state index is 0.0576. The third-order valence-corrected chi connectivity index (χ3v) is 3.08. The van der Waals surface area contributed by atoms with Gasteiger partial charge in [-0.1, -0.05) is 24.3 Å². The molecule has 1 aromatic heterocycles. The van der Waals surface area contributed by atoms with Gasteiger partial charge in [0, 0.05) is 17.0 Å². The van der Waals surface area contributed by atoms with E-state index in [1.54, 1.807) is 0 Å². The zero-order valence-corrected chi connectivity index (χ0v) is 11.2. The zero-order valence-electron chi connectivity index (χ0n) is 11.2. The predicted molar refractivity (Wildman–Crippen MR) is 79.3 cm³/mol. The maximum Gasteiger partial charge on any atom is 0.300 e. The molecule has 0 fully saturated rings. The second-order valence-electron chi connectivity index (χ2n) is 4.62. The number of aromatic nitrogens is 1. The van der Waals surface area contributed by atoms with Crippen LogP contribution in [0.2, 0.25) is 0 Å². The maximum atomic E-state index is 10.3. The Morgan fingerprint density at radius 1 is 1.14 bits per heavy atom. The van der Waals surface area contributed by atoms with Gasteiger partial charge < -0.3 is 9.73 Å². The number of anilines is 2. The summed E-state index contributed by atoms with van der Waals surface area (Å²) in [5.74, 6) is 0. The minimum atomic E-state index is -0.315. The second-order valence-corrected chi connectivity index (χ2v) is 4.62. The summed E-state index contributed by atoms with van der Waals surface area (Å²) >= 11 is 0.